The fourth-order valence-corrected chi connectivity index (χ4v) is 3.14. The van der Waals surface area contributed by atoms with E-state index in [1.807, 2.05) is 7.05 Å². The predicted octanol–water partition coefficient (Wildman–Crippen LogP) is 2.59. The Morgan fingerprint density at radius 1 is 1.35 bits per heavy atom. The molecule has 0 spiro atoms. The van der Waals surface area contributed by atoms with Crippen molar-refractivity contribution in [2.75, 3.05) is 25.5 Å². The first-order chi connectivity index (χ1) is 8.31. The minimum atomic E-state index is 0.918. The lowest BCUT2D eigenvalue weighted by molar-refractivity contribution is 0.271. The zero-order chi connectivity index (χ0) is 12.1. The first kappa shape index (κ1) is 12.8. The van der Waals surface area contributed by atoms with Crippen molar-refractivity contribution < 1.29 is 0 Å². The highest BCUT2D eigenvalue weighted by Gasteiger charge is 2.17. The lowest BCUT2D eigenvalue weighted by atomic mass is 9.98. The van der Waals surface area contributed by atoms with Crippen LogP contribution < -0.4 is 5.32 Å². The molecule has 1 aromatic heterocycles. The second kappa shape index (κ2) is 6.31. The summed E-state index contributed by atoms with van der Waals surface area (Å²) in [7, 11) is 1.89. The van der Waals surface area contributed by atoms with Crippen molar-refractivity contribution in [2.24, 2.45) is 5.92 Å². The lowest BCUT2D eigenvalue weighted by Crippen LogP contribution is -2.24. The zero-order valence-electron chi connectivity index (χ0n) is 10.8. The third kappa shape index (κ3) is 3.64. The number of nitrogens with zero attached hydrogens (tertiary/aromatic N) is 3. The van der Waals surface area contributed by atoms with Crippen molar-refractivity contribution in [3.8, 4) is 0 Å². The molecule has 1 aliphatic heterocycles. The SMILES string of the molecule is CCC1CCCN(Cc2nnc(NC)s2)CC1. The Balaban J connectivity index is 1.86. The number of likely N-dealkylation sites (tertiary alicyclic amines) is 1. The number of hydrogen-bond acceptors (Lipinski definition) is 5. The summed E-state index contributed by atoms with van der Waals surface area (Å²) in [6, 6.07) is 0. The average Bonchev–Trinajstić information content (AvgIpc) is 2.68. The zero-order valence-corrected chi connectivity index (χ0v) is 11.6. The van der Waals surface area contributed by atoms with Gasteiger partial charge in [0.1, 0.15) is 5.01 Å². The Bertz CT molecular complexity index is 339. The Hall–Kier alpha value is -0.680. The summed E-state index contributed by atoms with van der Waals surface area (Å²) in [6.45, 7) is 5.71. The van der Waals surface area contributed by atoms with Gasteiger partial charge in [-0.1, -0.05) is 24.7 Å². The highest BCUT2D eigenvalue weighted by atomic mass is 32.1. The topological polar surface area (TPSA) is 41.1 Å². The van der Waals surface area contributed by atoms with E-state index >= 15 is 0 Å². The summed E-state index contributed by atoms with van der Waals surface area (Å²) in [5, 5.41) is 13.4. The number of anilines is 1. The Morgan fingerprint density at radius 3 is 2.94 bits per heavy atom. The highest BCUT2D eigenvalue weighted by Crippen LogP contribution is 2.22. The van der Waals surface area contributed by atoms with Gasteiger partial charge in [0, 0.05) is 7.05 Å². The molecule has 1 unspecified atom stereocenters. The molecular formula is C12H22N4S. The monoisotopic (exact) mass is 254 g/mol. The van der Waals surface area contributed by atoms with Gasteiger partial charge in [-0.2, -0.15) is 0 Å². The van der Waals surface area contributed by atoms with Gasteiger partial charge in [0.25, 0.3) is 0 Å². The van der Waals surface area contributed by atoms with Gasteiger partial charge in [0.2, 0.25) is 5.13 Å². The minimum Gasteiger partial charge on any atom is -0.363 e. The molecule has 1 aromatic rings. The van der Waals surface area contributed by atoms with Gasteiger partial charge in [-0.3, -0.25) is 4.90 Å². The molecule has 96 valence electrons. The van der Waals surface area contributed by atoms with E-state index in [1.54, 1.807) is 11.3 Å². The van der Waals surface area contributed by atoms with Crippen LogP contribution in [0.2, 0.25) is 0 Å². The smallest absolute Gasteiger partial charge is 0.205 e. The van der Waals surface area contributed by atoms with Gasteiger partial charge in [-0.25, -0.2) is 0 Å². The average molecular weight is 254 g/mol. The normalized spacial score (nSPS) is 22.4. The van der Waals surface area contributed by atoms with Gasteiger partial charge >= 0.3 is 0 Å². The summed E-state index contributed by atoms with van der Waals surface area (Å²) in [6.07, 6.45) is 5.39. The Kier molecular flexibility index (Phi) is 4.74. The van der Waals surface area contributed by atoms with E-state index in [4.69, 9.17) is 0 Å². The van der Waals surface area contributed by atoms with Crippen LogP contribution in [0.25, 0.3) is 0 Å². The molecule has 0 aliphatic carbocycles. The Morgan fingerprint density at radius 2 is 2.24 bits per heavy atom. The van der Waals surface area contributed by atoms with E-state index in [1.165, 1.54) is 38.8 Å². The molecule has 1 fully saturated rings. The molecule has 17 heavy (non-hydrogen) atoms. The number of aromatic nitrogens is 2. The van der Waals surface area contributed by atoms with Gasteiger partial charge in [0.15, 0.2) is 0 Å². The highest BCUT2D eigenvalue weighted by molar-refractivity contribution is 7.15. The van der Waals surface area contributed by atoms with E-state index in [-0.39, 0.29) is 0 Å². The quantitative estimate of drug-likeness (QED) is 0.896. The van der Waals surface area contributed by atoms with Crippen molar-refractivity contribution in [1.29, 1.82) is 0 Å². The molecule has 0 bridgehead atoms. The molecule has 2 heterocycles. The summed E-state index contributed by atoms with van der Waals surface area (Å²) in [4.78, 5) is 2.52. The first-order valence-electron chi connectivity index (χ1n) is 6.54. The van der Waals surface area contributed by atoms with Crippen LogP contribution in [0.3, 0.4) is 0 Å². The molecular weight excluding hydrogens is 232 g/mol. The van der Waals surface area contributed by atoms with Crippen molar-refractivity contribution in [3.05, 3.63) is 5.01 Å². The van der Waals surface area contributed by atoms with Gasteiger partial charge in [-0.15, -0.1) is 10.2 Å². The molecule has 0 radical (unpaired) electrons. The molecule has 0 saturated carbocycles. The van der Waals surface area contributed by atoms with Crippen LogP contribution in [0.15, 0.2) is 0 Å². The maximum Gasteiger partial charge on any atom is 0.205 e. The first-order valence-corrected chi connectivity index (χ1v) is 7.36. The van der Waals surface area contributed by atoms with Crippen LogP contribution >= 0.6 is 11.3 Å². The molecule has 1 N–H and O–H groups in total. The summed E-state index contributed by atoms with van der Waals surface area (Å²) < 4.78 is 0. The van der Waals surface area contributed by atoms with E-state index in [0.717, 1.165) is 22.6 Å². The van der Waals surface area contributed by atoms with E-state index < -0.39 is 0 Å². The van der Waals surface area contributed by atoms with Crippen LogP contribution in [0.4, 0.5) is 5.13 Å². The van der Waals surface area contributed by atoms with Crippen LogP contribution in [0, 0.1) is 5.92 Å². The fraction of sp³-hybridized carbons (Fsp3) is 0.833. The van der Waals surface area contributed by atoms with Crippen LogP contribution in [0.1, 0.15) is 37.6 Å². The molecule has 0 aromatic carbocycles. The predicted molar refractivity (Wildman–Crippen MR) is 72.4 cm³/mol. The summed E-state index contributed by atoms with van der Waals surface area (Å²) in [5.41, 5.74) is 0. The number of nitrogens with one attached hydrogen (secondary N) is 1. The largest absolute Gasteiger partial charge is 0.363 e. The maximum absolute atomic E-state index is 4.22. The molecule has 1 atom stereocenters. The molecule has 5 heteroatoms. The van der Waals surface area contributed by atoms with Crippen LogP contribution in [0.5, 0.6) is 0 Å². The molecule has 1 aliphatic rings. The van der Waals surface area contributed by atoms with Crippen molar-refractivity contribution in [1.82, 2.24) is 15.1 Å². The minimum absolute atomic E-state index is 0.918. The summed E-state index contributed by atoms with van der Waals surface area (Å²) in [5.74, 6) is 0.933. The number of hydrogen-bond donors (Lipinski definition) is 1. The lowest BCUT2D eigenvalue weighted by Gasteiger charge is -2.18. The number of rotatable bonds is 4. The van der Waals surface area contributed by atoms with Gasteiger partial charge in [0.05, 0.1) is 6.54 Å². The molecule has 1 saturated heterocycles. The van der Waals surface area contributed by atoms with E-state index in [0.29, 0.717) is 0 Å². The van der Waals surface area contributed by atoms with Gasteiger partial charge in [-0.05, 0) is 38.3 Å². The van der Waals surface area contributed by atoms with E-state index in [2.05, 4.69) is 27.3 Å². The second-order valence-electron chi connectivity index (χ2n) is 4.73. The van der Waals surface area contributed by atoms with Crippen molar-refractivity contribution in [3.63, 3.8) is 0 Å². The van der Waals surface area contributed by atoms with E-state index in [9.17, 15) is 0 Å². The third-order valence-corrected chi connectivity index (χ3v) is 4.48. The molecule has 2 rings (SSSR count). The van der Waals surface area contributed by atoms with Crippen molar-refractivity contribution >= 4 is 16.5 Å². The van der Waals surface area contributed by atoms with Crippen LogP contribution in [-0.2, 0) is 6.54 Å². The fourth-order valence-electron chi connectivity index (χ4n) is 2.40. The third-order valence-electron chi connectivity index (χ3n) is 3.56. The summed E-state index contributed by atoms with van der Waals surface area (Å²) >= 11 is 1.66. The maximum atomic E-state index is 4.22. The molecule has 0 amide bonds. The Labute approximate surface area is 107 Å². The van der Waals surface area contributed by atoms with Crippen molar-refractivity contribution in [2.45, 2.75) is 39.2 Å². The standard InChI is InChI=1S/C12H22N4S/c1-3-10-5-4-7-16(8-6-10)9-11-14-15-12(13-2)17-11/h10H,3-9H2,1-2H3,(H,13,15). The van der Waals surface area contributed by atoms with Crippen LogP contribution in [-0.4, -0.2) is 35.2 Å². The molecule has 4 nitrogen and oxygen atoms in total. The second-order valence-corrected chi connectivity index (χ2v) is 5.79. The van der Waals surface area contributed by atoms with Gasteiger partial charge < -0.3 is 5.32 Å².